The fraction of sp³-hybridized carbons (Fsp3) is 0.792. The summed E-state index contributed by atoms with van der Waals surface area (Å²) in [5.41, 5.74) is 0. The third-order valence-corrected chi connectivity index (χ3v) is 5.49. The molecule has 0 saturated carbocycles. The van der Waals surface area contributed by atoms with E-state index in [0.717, 1.165) is 19.3 Å². The second-order valence-electron chi connectivity index (χ2n) is 8.73. The highest BCUT2D eigenvalue weighted by atomic mass is 16.6. The summed E-state index contributed by atoms with van der Waals surface area (Å²) >= 11 is 0. The van der Waals surface area contributed by atoms with Gasteiger partial charge in [-0.05, 0) is 32.1 Å². The van der Waals surface area contributed by atoms with Crippen molar-refractivity contribution < 1.29 is 59.0 Å². The predicted molar refractivity (Wildman–Crippen MR) is 125 cm³/mol. The van der Waals surface area contributed by atoms with Crippen molar-refractivity contribution in [3.05, 3.63) is 0 Å². The number of carboxylic acids is 3. The van der Waals surface area contributed by atoms with Gasteiger partial charge in [-0.15, -0.1) is 0 Å². The first-order chi connectivity index (χ1) is 17.0. The van der Waals surface area contributed by atoms with Crippen LogP contribution in [0, 0.1) is 0 Å². The van der Waals surface area contributed by atoms with E-state index in [1.165, 1.54) is 0 Å². The Balaban J connectivity index is 5.25. The number of carbonyl (C=O) groups is 5. The van der Waals surface area contributed by atoms with Crippen LogP contribution in [0.3, 0.4) is 0 Å². The lowest BCUT2D eigenvalue weighted by Gasteiger charge is -2.31. The van der Waals surface area contributed by atoms with Crippen LogP contribution in [0.5, 0.6) is 0 Å². The Morgan fingerprint density at radius 2 is 0.972 bits per heavy atom. The molecule has 0 aromatic heterocycles. The monoisotopic (exact) mass is 520 g/mol. The van der Waals surface area contributed by atoms with Crippen molar-refractivity contribution in [3.63, 3.8) is 0 Å². The SMILES string of the molecule is CCCCCCC(OC(=O)CC(=O)O)C(O)C(O)C(CCCCCCCC(=O)O)OC(=O)CC(=O)O. The first-order valence-electron chi connectivity index (χ1n) is 12.4. The lowest BCUT2D eigenvalue weighted by Crippen LogP contribution is -2.47. The third kappa shape index (κ3) is 16.8. The molecular weight excluding hydrogens is 480 g/mol. The summed E-state index contributed by atoms with van der Waals surface area (Å²) in [6.45, 7) is 1.99. The van der Waals surface area contributed by atoms with E-state index in [2.05, 4.69) is 0 Å². The molecule has 0 heterocycles. The van der Waals surface area contributed by atoms with Crippen LogP contribution in [0.4, 0.5) is 0 Å². The fourth-order valence-corrected chi connectivity index (χ4v) is 3.63. The summed E-state index contributed by atoms with van der Waals surface area (Å²) in [5.74, 6) is -5.92. The second kappa shape index (κ2) is 19.5. The molecule has 0 bridgehead atoms. The van der Waals surface area contributed by atoms with Gasteiger partial charge in [-0.25, -0.2) is 0 Å². The maximum Gasteiger partial charge on any atom is 0.317 e. The van der Waals surface area contributed by atoms with Gasteiger partial charge < -0.3 is 35.0 Å². The van der Waals surface area contributed by atoms with Crippen LogP contribution in [0.1, 0.15) is 96.8 Å². The van der Waals surface area contributed by atoms with Crippen LogP contribution in [0.25, 0.3) is 0 Å². The van der Waals surface area contributed by atoms with Crippen LogP contribution in [-0.2, 0) is 33.4 Å². The largest absolute Gasteiger partial charge is 0.481 e. The van der Waals surface area contributed by atoms with Gasteiger partial charge in [0, 0.05) is 6.42 Å². The van der Waals surface area contributed by atoms with Gasteiger partial charge in [-0.2, -0.15) is 0 Å². The Labute approximate surface area is 210 Å². The quantitative estimate of drug-likeness (QED) is 0.0792. The number of unbranched alkanes of at least 4 members (excludes halogenated alkanes) is 7. The first-order valence-corrected chi connectivity index (χ1v) is 12.4. The molecule has 4 atom stereocenters. The number of rotatable bonds is 22. The van der Waals surface area contributed by atoms with Gasteiger partial charge in [0.1, 0.15) is 37.3 Å². The Hall–Kier alpha value is -2.73. The Morgan fingerprint density at radius 3 is 1.36 bits per heavy atom. The number of aliphatic carboxylic acids is 3. The maximum absolute atomic E-state index is 11.9. The van der Waals surface area contributed by atoms with Gasteiger partial charge >= 0.3 is 29.8 Å². The zero-order valence-electron chi connectivity index (χ0n) is 20.8. The Morgan fingerprint density at radius 1 is 0.583 bits per heavy atom. The first kappa shape index (κ1) is 33.3. The normalized spacial score (nSPS) is 14.3. The van der Waals surface area contributed by atoms with E-state index in [1.807, 2.05) is 6.92 Å². The Kier molecular flexibility index (Phi) is 18.0. The molecule has 0 aliphatic carbocycles. The van der Waals surface area contributed by atoms with Gasteiger partial charge in [-0.1, -0.05) is 45.4 Å². The van der Waals surface area contributed by atoms with Crippen molar-refractivity contribution in [1.82, 2.24) is 0 Å². The van der Waals surface area contributed by atoms with Gasteiger partial charge in [-0.3, -0.25) is 24.0 Å². The molecule has 12 nitrogen and oxygen atoms in total. The van der Waals surface area contributed by atoms with Crippen molar-refractivity contribution in [2.75, 3.05) is 0 Å². The zero-order chi connectivity index (χ0) is 27.5. The molecule has 0 fully saturated rings. The molecule has 0 aromatic carbocycles. The van der Waals surface area contributed by atoms with Crippen molar-refractivity contribution >= 4 is 29.8 Å². The lowest BCUT2D eigenvalue weighted by atomic mass is 9.95. The summed E-state index contributed by atoms with van der Waals surface area (Å²) in [7, 11) is 0. The molecule has 0 aliphatic rings. The van der Waals surface area contributed by atoms with Gasteiger partial charge in [0.2, 0.25) is 0 Å². The number of carbonyl (C=O) groups excluding carboxylic acids is 2. The van der Waals surface area contributed by atoms with E-state index in [4.69, 9.17) is 24.8 Å². The molecule has 36 heavy (non-hydrogen) atoms. The highest BCUT2D eigenvalue weighted by molar-refractivity contribution is 5.90. The minimum Gasteiger partial charge on any atom is -0.481 e. The van der Waals surface area contributed by atoms with Gasteiger partial charge in [0.05, 0.1) is 0 Å². The van der Waals surface area contributed by atoms with Crippen molar-refractivity contribution in [1.29, 1.82) is 0 Å². The molecule has 5 N–H and O–H groups in total. The molecule has 208 valence electrons. The van der Waals surface area contributed by atoms with Crippen molar-refractivity contribution in [3.8, 4) is 0 Å². The predicted octanol–water partition coefficient (Wildman–Crippen LogP) is 2.27. The number of hydrogen-bond acceptors (Lipinski definition) is 9. The van der Waals surface area contributed by atoms with Crippen LogP contribution in [-0.4, -0.2) is 79.8 Å². The van der Waals surface area contributed by atoms with Crippen LogP contribution >= 0.6 is 0 Å². The number of aliphatic hydroxyl groups excluding tert-OH is 2. The van der Waals surface area contributed by atoms with Crippen molar-refractivity contribution in [2.45, 2.75) is 121 Å². The molecule has 0 aliphatic heterocycles. The standard InChI is InChI=1S/C24H40O12/c1-2-3-4-8-11-16(35-21(31)14-19(27)28)23(33)24(34)17(36-22(32)15-20(29)30)12-9-6-5-7-10-13-18(25)26/h16-17,23-24,33-34H,2-15H2,1H3,(H,25,26)(H,27,28)(H,29,30). The Bertz CT molecular complexity index is 693. The molecule has 0 amide bonds. The van der Waals surface area contributed by atoms with Crippen molar-refractivity contribution in [2.24, 2.45) is 0 Å². The second-order valence-corrected chi connectivity index (χ2v) is 8.73. The zero-order valence-corrected chi connectivity index (χ0v) is 20.8. The van der Waals surface area contributed by atoms with Gasteiger partial charge in [0.25, 0.3) is 0 Å². The highest BCUT2D eigenvalue weighted by Crippen LogP contribution is 2.21. The molecule has 0 rings (SSSR count). The average molecular weight is 521 g/mol. The number of carboxylic acid groups (broad SMARTS) is 3. The molecule has 4 unspecified atom stereocenters. The highest BCUT2D eigenvalue weighted by Gasteiger charge is 2.36. The van der Waals surface area contributed by atoms with E-state index >= 15 is 0 Å². The van der Waals surface area contributed by atoms with Crippen LogP contribution in [0.2, 0.25) is 0 Å². The molecule has 0 aromatic rings. The molecule has 0 radical (unpaired) electrons. The number of aliphatic hydroxyl groups is 2. The van der Waals surface area contributed by atoms with E-state index in [0.29, 0.717) is 38.5 Å². The molecule has 0 spiro atoms. The molecule has 12 heteroatoms. The maximum atomic E-state index is 11.9. The number of ether oxygens (including phenoxy) is 2. The smallest absolute Gasteiger partial charge is 0.317 e. The topological polar surface area (TPSA) is 205 Å². The van der Waals surface area contributed by atoms with Gasteiger partial charge in [0.15, 0.2) is 0 Å². The summed E-state index contributed by atoms with van der Waals surface area (Å²) in [4.78, 5) is 56.1. The van der Waals surface area contributed by atoms with E-state index in [-0.39, 0.29) is 19.3 Å². The van der Waals surface area contributed by atoms with E-state index in [1.54, 1.807) is 0 Å². The molecular formula is C24H40O12. The van der Waals surface area contributed by atoms with E-state index in [9.17, 15) is 34.2 Å². The van der Waals surface area contributed by atoms with Crippen LogP contribution < -0.4 is 0 Å². The minimum absolute atomic E-state index is 0.0561. The fourth-order valence-electron chi connectivity index (χ4n) is 3.63. The summed E-state index contributed by atoms with van der Waals surface area (Å²) < 4.78 is 10.2. The average Bonchev–Trinajstić information content (AvgIpc) is 2.77. The minimum atomic E-state index is -1.72. The van der Waals surface area contributed by atoms with Crippen LogP contribution in [0.15, 0.2) is 0 Å². The number of esters is 2. The van der Waals surface area contributed by atoms with E-state index < -0.39 is 67.1 Å². The lowest BCUT2D eigenvalue weighted by molar-refractivity contribution is -0.179. The summed E-state index contributed by atoms with van der Waals surface area (Å²) in [6.07, 6.45) is -1.55. The third-order valence-electron chi connectivity index (χ3n) is 5.49. The molecule has 0 saturated heterocycles. The summed E-state index contributed by atoms with van der Waals surface area (Å²) in [5, 5.41) is 47.8. The number of hydrogen-bond donors (Lipinski definition) is 5. The summed E-state index contributed by atoms with van der Waals surface area (Å²) in [6, 6.07) is 0.